The zero-order chi connectivity index (χ0) is 20.2. The number of likely N-dealkylation sites (tertiary alicyclic amines) is 1. The fourth-order valence-electron chi connectivity index (χ4n) is 5.94. The lowest BCUT2D eigenvalue weighted by atomic mass is 9.81. The molecule has 4 aliphatic rings. The number of hydrogen-bond donors (Lipinski definition) is 2. The van der Waals surface area contributed by atoms with Gasteiger partial charge in [-0.1, -0.05) is 18.6 Å². The molecular weight excluding hydrogens is 368 g/mol. The largest absolute Gasteiger partial charge is 0.330 e. The Hall–Kier alpha value is -2.25. The average Bonchev–Trinajstić information content (AvgIpc) is 3.33. The molecule has 5 rings (SSSR count). The second-order valence-electron chi connectivity index (χ2n) is 9.22. The van der Waals surface area contributed by atoms with Crippen molar-refractivity contribution in [1.82, 2.24) is 15.1 Å². The quantitative estimate of drug-likeness (QED) is 0.741. The summed E-state index contributed by atoms with van der Waals surface area (Å²) in [5.41, 5.74) is 9.21. The number of carbonyl (C=O) groups is 3. The molecule has 154 valence electrons. The maximum Gasteiger partial charge on any atom is 0.255 e. The predicted molar refractivity (Wildman–Crippen MR) is 107 cm³/mol. The monoisotopic (exact) mass is 396 g/mol. The van der Waals surface area contributed by atoms with Gasteiger partial charge in [-0.05, 0) is 54.3 Å². The maximum atomic E-state index is 13.0. The zero-order valence-electron chi connectivity index (χ0n) is 16.7. The molecule has 3 fully saturated rings. The van der Waals surface area contributed by atoms with Crippen molar-refractivity contribution in [2.24, 2.45) is 17.1 Å². The number of amides is 3. The van der Waals surface area contributed by atoms with Gasteiger partial charge in [0.25, 0.3) is 5.91 Å². The summed E-state index contributed by atoms with van der Waals surface area (Å²) in [4.78, 5) is 40.7. The van der Waals surface area contributed by atoms with Crippen LogP contribution in [0.2, 0.25) is 0 Å². The molecular formula is C22H28N4O3. The first-order valence-electron chi connectivity index (χ1n) is 10.7. The lowest BCUT2D eigenvalue weighted by Gasteiger charge is -2.29. The second kappa shape index (κ2) is 6.92. The van der Waals surface area contributed by atoms with Crippen LogP contribution in [0.3, 0.4) is 0 Å². The minimum Gasteiger partial charge on any atom is -0.330 e. The Morgan fingerprint density at radius 2 is 2.07 bits per heavy atom. The van der Waals surface area contributed by atoms with E-state index in [4.69, 9.17) is 5.73 Å². The molecule has 0 radical (unpaired) electrons. The molecule has 0 bridgehead atoms. The van der Waals surface area contributed by atoms with Crippen LogP contribution in [0.15, 0.2) is 18.2 Å². The number of nitrogens with zero attached hydrogens (tertiary/aromatic N) is 2. The summed E-state index contributed by atoms with van der Waals surface area (Å²) >= 11 is 0. The van der Waals surface area contributed by atoms with Gasteiger partial charge >= 0.3 is 0 Å². The molecule has 1 aromatic rings. The van der Waals surface area contributed by atoms with Crippen molar-refractivity contribution < 1.29 is 14.4 Å². The van der Waals surface area contributed by atoms with E-state index in [1.807, 2.05) is 12.1 Å². The molecule has 1 aliphatic carbocycles. The third-order valence-corrected chi connectivity index (χ3v) is 7.52. The molecule has 3 amide bonds. The highest BCUT2D eigenvalue weighted by Crippen LogP contribution is 2.48. The van der Waals surface area contributed by atoms with E-state index in [0.29, 0.717) is 24.4 Å². The zero-order valence-corrected chi connectivity index (χ0v) is 16.7. The summed E-state index contributed by atoms with van der Waals surface area (Å²) in [5, 5.41) is 2.35. The Morgan fingerprint density at radius 3 is 2.83 bits per heavy atom. The van der Waals surface area contributed by atoms with Gasteiger partial charge in [-0.25, -0.2) is 0 Å². The number of nitrogens with two attached hydrogens (primary N) is 1. The van der Waals surface area contributed by atoms with Gasteiger partial charge in [0.1, 0.15) is 6.04 Å². The minimum atomic E-state index is -0.557. The van der Waals surface area contributed by atoms with Crippen LogP contribution in [0.4, 0.5) is 0 Å². The van der Waals surface area contributed by atoms with Crippen LogP contribution in [-0.2, 0) is 22.7 Å². The molecule has 3 atom stereocenters. The summed E-state index contributed by atoms with van der Waals surface area (Å²) in [6.07, 6.45) is 4.47. The van der Waals surface area contributed by atoms with Gasteiger partial charge in [-0.15, -0.1) is 0 Å². The van der Waals surface area contributed by atoms with Crippen molar-refractivity contribution in [3.05, 3.63) is 34.9 Å². The maximum absolute atomic E-state index is 13.0. The molecule has 1 saturated carbocycles. The molecule has 1 unspecified atom stereocenters. The van der Waals surface area contributed by atoms with Crippen molar-refractivity contribution in [3.8, 4) is 0 Å². The van der Waals surface area contributed by atoms with Crippen LogP contribution in [0, 0.1) is 11.3 Å². The van der Waals surface area contributed by atoms with E-state index in [9.17, 15) is 14.4 Å². The Bertz CT molecular complexity index is 885. The number of nitrogens with one attached hydrogen (secondary N) is 1. The van der Waals surface area contributed by atoms with Crippen molar-refractivity contribution in [3.63, 3.8) is 0 Å². The Kier molecular flexibility index (Phi) is 4.47. The first-order chi connectivity index (χ1) is 14.0. The van der Waals surface area contributed by atoms with Crippen LogP contribution in [-0.4, -0.2) is 53.2 Å². The smallest absolute Gasteiger partial charge is 0.255 e. The number of fused-ring (bicyclic) bond motifs is 2. The molecule has 29 heavy (non-hydrogen) atoms. The van der Waals surface area contributed by atoms with Gasteiger partial charge in [0.05, 0.1) is 0 Å². The number of piperidine rings is 1. The third kappa shape index (κ3) is 3.07. The molecule has 1 aromatic carbocycles. The first-order valence-corrected chi connectivity index (χ1v) is 10.7. The van der Waals surface area contributed by atoms with Gasteiger partial charge < -0.3 is 10.6 Å². The Balaban J connectivity index is 1.30. The summed E-state index contributed by atoms with van der Waals surface area (Å²) in [7, 11) is 0. The summed E-state index contributed by atoms with van der Waals surface area (Å²) in [5.74, 6) is -0.0266. The molecule has 3 heterocycles. The average molecular weight is 396 g/mol. The molecule has 3 aliphatic heterocycles. The van der Waals surface area contributed by atoms with Crippen LogP contribution < -0.4 is 11.1 Å². The normalized spacial score (nSPS) is 31.9. The van der Waals surface area contributed by atoms with E-state index in [1.165, 1.54) is 19.3 Å². The summed E-state index contributed by atoms with van der Waals surface area (Å²) in [6.45, 7) is 4.16. The molecule has 0 aromatic heterocycles. The van der Waals surface area contributed by atoms with Crippen molar-refractivity contribution >= 4 is 17.7 Å². The van der Waals surface area contributed by atoms with E-state index in [2.05, 4.69) is 16.3 Å². The van der Waals surface area contributed by atoms with Crippen LogP contribution in [0.5, 0.6) is 0 Å². The number of carbonyl (C=O) groups excluding carboxylic acids is 3. The SMILES string of the molecule is NC[C@]12CCC[C@H]1CN(Cc1ccc3c(c1)C(=O)N(C1CCC(=O)NC1=O)C3)C2. The van der Waals surface area contributed by atoms with Crippen molar-refractivity contribution in [2.45, 2.75) is 51.2 Å². The predicted octanol–water partition coefficient (Wildman–Crippen LogP) is 1.01. The fraction of sp³-hybridized carbons (Fsp3) is 0.591. The molecule has 2 saturated heterocycles. The fourth-order valence-corrected chi connectivity index (χ4v) is 5.94. The van der Waals surface area contributed by atoms with E-state index in [1.54, 1.807) is 4.90 Å². The standard InChI is InChI=1S/C22H28N4O3/c23-12-22-7-1-2-16(22)11-25(13-22)9-14-3-4-15-10-26(21(29)17(15)8-14)18-5-6-19(27)24-20(18)28/h3-4,8,16,18H,1-2,5-7,9-13,23H2,(H,24,27,28)/t16-,18?,22-/m0/s1. The van der Waals surface area contributed by atoms with Crippen LogP contribution >= 0.6 is 0 Å². The van der Waals surface area contributed by atoms with Gasteiger partial charge in [0.2, 0.25) is 11.8 Å². The first kappa shape index (κ1) is 18.8. The van der Waals surface area contributed by atoms with Crippen molar-refractivity contribution in [1.29, 1.82) is 0 Å². The number of rotatable bonds is 4. The molecule has 7 nitrogen and oxygen atoms in total. The Morgan fingerprint density at radius 1 is 1.21 bits per heavy atom. The Labute approximate surface area is 170 Å². The van der Waals surface area contributed by atoms with Gasteiger partial charge in [0, 0.05) is 38.2 Å². The van der Waals surface area contributed by atoms with Gasteiger partial charge in [-0.3, -0.25) is 24.6 Å². The highest BCUT2D eigenvalue weighted by molar-refractivity contribution is 6.05. The summed E-state index contributed by atoms with van der Waals surface area (Å²) in [6, 6.07) is 5.55. The third-order valence-electron chi connectivity index (χ3n) is 7.52. The number of benzene rings is 1. The molecule has 3 N–H and O–H groups in total. The van der Waals surface area contributed by atoms with Crippen LogP contribution in [0.25, 0.3) is 0 Å². The lowest BCUT2D eigenvalue weighted by molar-refractivity contribution is -0.136. The summed E-state index contributed by atoms with van der Waals surface area (Å²) < 4.78 is 0. The van der Waals surface area contributed by atoms with E-state index >= 15 is 0 Å². The topological polar surface area (TPSA) is 95.7 Å². The van der Waals surface area contributed by atoms with E-state index in [-0.39, 0.29) is 29.6 Å². The van der Waals surface area contributed by atoms with E-state index in [0.717, 1.165) is 37.3 Å². The molecule has 0 spiro atoms. The number of hydrogen-bond acceptors (Lipinski definition) is 5. The van der Waals surface area contributed by atoms with E-state index < -0.39 is 6.04 Å². The highest BCUT2D eigenvalue weighted by atomic mass is 16.2. The lowest BCUT2D eigenvalue weighted by Crippen LogP contribution is -2.52. The highest BCUT2D eigenvalue weighted by Gasteiger charge is 2.48. The van der Waals surface area contributed by atoms with Crippen molar-refractivity contribution in [2.75, 3.05) is 19.6 Å². The number of imide groups is 1. The van der Waals surface area contributed by atoms with Gasteiger partial charge in [-0.2, -0.15) is 0 Å². The van der Waals surface area contributed by atoms with Gasteiger partial charge in [0.15, 0.2) is 0 Å². The van der Waals surface area contributed by atoms with Crippen LogP contribution in [0.1, 0.15) is 53.6 Å². The molecule has 7 heteroatoms. The second-order valence-corrected chi connectivity index (χ2v) is 9.22. The minimum absolute atomic E-state index is 0.104.